The molecule has 1 unspecified atom stereocenters. The maximum atomic E-state index is 12.8. The molecule has 2 aliphatic rings. The zero-order valence-electron chi connectivity index (χ0n) is 15.9. The van der Waals surface area contributed by atoms with Gasteiger partial charge in [-0.3, -0.25) is 4.79 Å². The highest BCUT2D eigenvalue weighted by atomic mass is 32.1. The van der Waals surface area contributed by atoms with Gasteiger partial charge in [0.05, 0.1) is 30.0 Å². The Hall–Kier alpha value is -2.45. The van der Waals surface area contributed by atoms with E-state index in [1.807, 2.05) is 40.0 Å². The molecule has 7 nitrogen and oxygen atoms in total. The number of hydrogen-bond acceptors (Lipinski definition) is 6. The van der Waals surface area contributed by atoms with Gasteiger partial charge in [-0.15, -0.1) is 11.3 Å². The van der Waals surface area contributed by atoms with E-state index in [1.54, 1.807) is 0 Å². The number of fused-ring (bicyclic) bond motifs is 1. The smallest absolute Gasteiger partial charge is 0.264 e. The highest BCUT2D eigenvalue weighted by molar-refractivity contribution is 7.12. The third kappa shape index (κ3) is 3.16. The molecule has 3 aromatic rings. The maximum Gasteiger partial charge on any atom is 0.264 e. The lowest BCUT2D eigenvalue weighted by Crippen LogP contribution is -2.36. The number of carbonyl (C=O) groups is 1. The topological polar surface area (TPSA) is 63.0 Å². The predicted octanol–water partition coefficient (Wildman–Crippen LogP) is 2.57. The summed E-state index contributed by atoms with van der Waals surface area (Å²) in [5.74, 6) is 1.15. The Morgan fingerprint density at radius 3 is 2.86 bits per heavy atom. The van der Waals surface area contributed by atoms with Gasteiger partial charge in [0.15, 0.2) is 11.5 Å². The van der Waals surface area contributed by atoms with Crippen LogP contribution in [0.3, 0.4) is 0 Å². The summed E-state index contributed by atoms with van der Waals surface area (Å²) >= 11 is 1.52. The van der Waals surface area contributed by atoms with E-state index in [9.17, 15) is 4.79 Å². The van der Waals surface area contributed by atoms with E-state index in [0.717, 1.165) is 66.9 Å². The first-order valence-electron chi connectivity index (χ1n) is 9.71. The van der Waals surface area contributed by atoms with Crippen LogP contribution in [-0.2, 0) is 4.74 Å². The van der Waals surface area contributed by atoms with Gasteiger partial charge >= 0.3 is 0 Å². The molecule has 0 saturated carbocycles. The van der Waals surface area contributed by atoms with Gasteiger partial charge in [-0.25, -0.2) is 9.50 Å². The van der Waals surface area contributed by atoms with Crippen LogP contribution in [-0.4, -0.2) is 64.8 Å². The second-order valence-electron chi connectivity index (χ2n) is 7.43. The Labute approximate surface area is 167 Å². The minimum absolute atomic E-state index is 0.133. The number of amides is 1. The van der Waals surface area contributed by atoms with Gasteiger partial charge in [-0.05, 0) is 42.5 Å². The normalized spacial score (nSPS) is 20.2. The van der Waals surface area contributed by atoms with Crippen LogP contribution in [0.25, 0.3) is 5.65 Å². The fourth-order valence-corrected chi connectivity index (χ4v) is 4.85. The summed E-state index contributed by atoms with van der Waals surface area (Å²) in [4.78, 5) is 22.6. The molecule has 2 saturated heterocycles. The number of anilines is 1. The lowest BCUT2D eigenvalue weighted by atomic mass is 10.1. The molecule has 0 aromatic carbocycles. The number of rotatable bonds is 3. The molecular weight excluding hydrogens is 374 g/mol. The van der Waals surface area contributed by atoms with E-state index >= 15 is 0 Å². The average molecular weight is 398 g/mol. The van der Waals surface area contributed by atoms with Crippen molar-refractivity contribution in [2.75, 3.05) is 44.3 Å². The summed E-state index contributed by atoms with van der Waals surface area (Å²) in [6.45, 7) is 6.75. The van der Waals surface area contributed by atoms with E-state index in [1.165, 1.54) is 11.3 Å². The molecule has 1 amide bonds. The first-order valence-corrected chi connectivity index (χ1v) is 10.6. The number of hydrogen-bond donors (Lipinski definition) is 0. The third-order valence-corrected chi connectivity index (χ3v) is 6.61. The number of aryl methyl sites for hydroxylation is 1. The van der Waals surface area contributed by atoms with E-state index in [0.29, 0.717) is 6.54 Å². The third-order valence-electron chi connectivity index (χ3n) is 5.60. The Kier molecular flexibility index (Phi) is 4.52. The minimum Gasteiger partial charge on any atom is -0.378 e. The summed E-state index contributed by atoms with van der Waals surface area (Å²) in [5.41, 5.74) is 3.05. The molecule has 28 heavy (non-hydrogen) atoms. The van der Waals surface area contributed by atoms with Crippen molar-refractivity contribution in [1.82, 2.24) is 19.5 Å². The second kappa shape index (κ2) is 7.18. The Balaban J connectivity index is 1.33. The van der Waals surface area contributed by atoms with Crippen molar-refractivity contribution in [2.45, 2.75) is 19.3 Å². The number of nitrogens with zero attached hydrogens (tertiary/aromatic N) is 5. The predicted molar refractivity (Wildman–Crippen MR) is 108 cm³/mol. The highest BCUT2D eigenvalue weighted by Gasteiger charge is 2.31. The molecule has 3 aromatic heterocycles. The zero-order valence-corrected chi connectivity index (χ0v) is 16.7. The molecule has 0 N–H and O–H groups in total. The molecule has 2 aliphatic heterocycles. The van der Waals surface area contributed by atoms with Crippen molar-refractivity contribution in [2.24, 2.45) is 0 Å². The zero-order chi connectivity index (χ0) is 19.1. The first-order chi connectivity index (χ1) is 13.7. The number of morpholine rings is 1. The van der Waals surface area contributed by atoms with Crippen molar-refractivity contribution in [3.8, 4) is 0 Å². The standard InChI is InChI=1S/C20H23N5O2S/c1-14-5-11-28-18(14)20(26)24-6-4-15(12-24)19-21-17-3-2-16(13-25(17)22-19)23-7-9-27-10-8-23/h2-3,5,11,13,15H,4,6-10,12H2,1H3. The maximum absolute atomic E-state index is 12.8. The summed E-state index contributed by atoms with van der Waals surface area (Å²) in [5, 5.41) is 6.71. The Morgan fingerprint density at radius 2 is 2.07 bits per heavy atom. The van der Waals surface area contributed by atoms with Crippen LogP contribution in [0.1, 0.15) is 33.4 Å². The van der Waals surface area contributed by atoms with Crippen molar-refractivity contribution in [3.63, 3.8) is 0 Å². The Morgan fingerprint density at radius 1 is 1.21 bits per heavy atom. The second-order valence-corrected chi connectivity index (χ2v) is 8.35. The van der Waals surface area contributed by atoms with Crippen molar-refractivity contribution in [1.29, 1.82) is 0 Å². The quantitative estimate of drug-likeness (QED) is 0.680. The van der Waals surface area contributed by atoms with Gasteiger partial charge in [0.1, 0.15) is 0 Å². The van der Waals surface area contributed by atoms with Crippen LogP contribution in [0.15, 0.2) is 29.8 Å². The van der Waals surface area contributed by atoms with Crippen molar-refractivity contribution in [3.05, 3.63) is 46.0 Å². The summed E-state index contributed by atoms with van der Waals surface area (Å²) in [6, 6.07) is 6.12. The summed E-state index contributed by atoms with van der Waals surface area (Å²) in [6.07, 6.45) is 2.95. The Bertz CT molecular complexity index is 1010. The summed E-state index contributed by atoms with van der Waals surface area (Å²) in [7, 11) is 0. The first kappa shape index (κ1) is 17.6. The molecule has 0 radical (unpaired) electrons. The van der Waals surface area contributed by atoms with Crippen LogP contribution in [0.4, 0.5) is 5.69 Å². The van der Waals surface area contributed by atoms with Crippen LogP contribution >= 0.6 is 11.3 Å². The summed E-state index contributed by atoms with van der Waals surface area (Å²) < 4.78 is 7.30. The van der Waals surface area contributed by atoms with Crippen LogP contribution in [0, 0.1) is 6.92 Å². The van der Waals surface area contributed by atoms with Gasteiger partial charge in [0.2, 0.25) is 0 Å². The molecule has 8 heteroatoms. The van der Waals surface area contributed by atoms with Crippen LogP contribution < -0.4 is 4.90 Å². The number of thiophene rings is 1. The number of likely N-dealkylation sites (tertiary alicyclic amines) is 1. The fraction of sp³-hybridized carbons (Fsp3) is 0.450. The molecule has 0 spiro atoms. The van der Waals surface area contributed by atoms with Gasteiger partial charge in [-0.2, -0.15) is 5.10 Å². The van der Waals surface area contributed by atoms with Gasteiger partial charge in [0.25, 0.3) is 5.91 Å². The number of ether oxygens (including phenoxy) is 1. The van der Waals surface area contributed by atoms with E-state index < -0.39 is 0 Å². The van der Waals surface area contributed by atoms with E-state index in [-0.39, 0.29) is 11.8 Å². The lowest BCUT2D eigenvalue weighted by molar-refractivity contribution is 0.0794. The lowest BCUT2D eigenvalue weighted by Gasteiger charge is -2.28. The molecule has 5 heterocycles. The van der Waals surface area contributed by atoms with Crippen LogP contribution in [0.5, 0.6) is 0 Å². The van der Waals surface area contributed by atoms with Gasteiger partial charge in [0, 0.05) is 32.1 Å². The van der Waals surface area contributed by atoms with E-state index in [2.05, 4.69) is 11.0 Å². The van der Waals surface area contributed by atoms with Crippen molar-refractivity contribution < 1.29 is 9.53 Å². The van der Waals surface area contributed by atoms with Gasteiger partial charge < -0.3 is 14.5 Å². The number of pyridine rings is 1. The molecule has 0 bridgehead atoms. The number of aromatic nitrogens is 3. The highest BCUT2D eigenvalue weighted by Crippen LogP contribution is 2.28. The fourth-order valence-electron chi connectivity index (χ4n) is 3.96. The largest absolute Gasteiger partial charge is 0.378 e. The van der Waals surface area contributed by atoms with Gasteiger partial charge in [-0.1, -0.05) is 0 Å². The average Bonchev–Trinajstić information content (AvgIpc) is 3.46. The van der Waals surface area contributed by atoms with Crippen LogP contribution in [0.2, 0.25) is 0 Å². The SMILES string of the molecule is Cc1ccsc1C(=O)N1CCC(c2nc3ccc(N4CCOCC4)cn3n2)C1. The minimum atomic E-state index is 0.133. The monoisotopic (exact) mass is 397 g/mol. The molecule has 1 atom stereocenters. The molecule has 5 rings (SSSR count). The molecular formula is C20H23N5O2S. The van der Waals surface area contributed by atoms with E-state index in [4.69, 9.17) is 14.8 Å². The molecule has 2 fully saturated rings. The number of carbonyl (C=O) groups excluding carboxylic acids is 1. The van der Waals surface area contributed by atoms with Crippen molar-refractivity contribution >= 4 is 28.6 Å². The molecule has 0 aliphatic carbocycles. The molecule has 146 valence electrons.